The Kier molecular flexibility index (Phi) is 12.1. The zero-order valence-corrected chi connectivity index (χ0v) is 26.0. The molecule has 2 heterocycles. The van der Waals surface area contributed by atoms with Crippen LogP contribution in [-0.4, -0.2) is 103 Å². The fourth-order valence-corrected chi connectivity index (χ4v) is 5.60. The normalized spacial score (nSPS) is 16.4. The second-order valence-corrected chi connectivity index (χ2v) is 11.5. The van der Waals surface area contributed by atoms with Crippen LogP contribution in [0.4, 0.5) is 11.4 Å². The van der Waals surface area contributed by atoms with Crippen molar-refractivity contribution in [2.75, 3.05) is 103 Å². The Morgan fingerprint density at radius 3 is 2.16 bits per heavy atom. The molecule has 8 nitrogen and oxygen atoms in total. The van der Waals surface area contributed by atoms with Crippen LogP contribution in [0.5, 0.6) is 5.75 Å². The lowest BCUT2D eigenvalue weighted by atomic mass is 10.1. The van der Waals surface area contributed by atoms with E-state index < -0.39 is 0 Å². The number of morpholine rings is 1. The molecule has 0 aromatic heterocycles. The predicted octanol–water partition coefficient (Wildman–Crippen LogP) is 4.52. The monoisotopic (exact) mass is 588 g/mol. The number of ether oxygens (including phenoxy) is 4. The van der Waals surface area contributed by atoms with E-state index in [1.54, 1.807) is 7.11 Å². The first kappa shape index (κ1) is 31.3. The zero-order chi connectivity index (χ0) is 29.7. The second-order valence-electron chi connectivity index (χ2n) is 11.5. The number of hydrogen-bond acceptors (Lipinski definition) is 8. The number of piperazine rings is 1. The van der Waals surface area contributed by atoms with Crippen LogP contribution in [0.3, 0.4) is 0 Å². The highest BCUT2D eigenvalue weighted by atomic mass is 16.5. The zero-order valence-electron chi connectivity index (χ0n) is 26.0. The first-order valence-electron chi connectivity index (χ1n) is 15.6. The third-order valence-electron chi connectivity index (χ3n) is 8.26. The number of anilines is 2. The van der Waals surface area contributed by atoms with Crippen molar-refractivity contribution < 1.29 is 18.9 Å². The van der Waals surface area contributed by atoms with Crippen LogP contribution in [0.15, 0.2) is 72.8 Å². The van der Waals surface area contributed by atoms with Gasteiger partial charge in [0.1, 0.15) is 5.75 Å². The molecule has 0 radical (unpaired) electrons. The van der Waals surface area contributed by atoms with Crippen LogP contribution < -0.4 is 14.5 Å². The summed E-state index contributed by atoms with van der Waals surface area (Å²) in [5.74, 6) is 0.882. The van der Waals surface area contributed by atoms with E-state index in [2.05, 4.69) is 93.4 Å². The van der Waals surface area contributed by atoms with Gasteiger partial charge in [-0.15, -0.1) is 0 Å². The van der Waals surface area contributed by atoms with Gasteiger partial charge in [0.25, 0.3) is 0 Å². The van der Waals surface area contributed by atoms with Gasteiger partial charge in [0.15, 0.2) is 0 Å². The van der Waals surface area contributed by atoms with Crippen LogP contribution >= 0.6 is 0 Å². The highest BCUT2D eigenvalue weighted by molar-refractivity contribution is 5.52. The molecular weight excluding hydrogens is 540 g/mol. The maximum absolute atomic E-state index is 5.91. The summed E-state index contributed by atoms with van der Waals surface area (Å²) < 4.78 is 22.6. The van der Waals surface area contributed by atoms with Gasteiger partial charge in [0.05, 0.1) is 46.8 Å². The summed E-state index contributed by atoms with van der Waals surface area (Å²) in [4.78, 5) is 9.71. The number of hydrogen-bond donors (Lipinski definition) is 0. The van der Waals surface area contributed by atoms with E-state index in [9.17, 15) is 0 Å². The van der Waals surface area contributed by atoms with Crippen molar-refractivity contribution in [3.8, 4) is 5.75 Å². The fourth-order valence-electron chi connectivity index (χ4n) is 5.60. The van der Waals surface area contributed by atoms with Gasteiger partial charge >= 0.3 is 0 Å². The van der Waals surface area contributed by atoms with Crippen LogP contribution in [0.25, 0.3) is 0 Å². The average Bonchev–Trinajstić information content (AvgIpc) is 3.05. The number of nitrogens with zero attached hydrogens (tertiary/aromatic N) is 4. The molecule has 2 aliphatic heterocycles. The molecule has 8 heteroatoms. The van der Waals surface area contributed by atoms with E-state index in [0.717, 1.165) is 90.0 Å². The molecule has 0 spiro atoms. The molecule has 2 fully saturated rings. The van der Waals surface area contributed by atoms with Gasteiger partial charge in [-0.3, -0.25) is 4.90 Å². The standard InChI is InChI=1S/C35H48N4O4/c1-36-13-15-38(16-14-36)34-7-3-5-31(25-34)27-39(28-32-6-4-8-35(26-32)40-2)33-11-9-30(10-12-33)29-43-24-23-42-22-19-37-17-20-41-21-18-37/h3-12,25-26H,13-24,27-29H2,1-2H3. The summed E-state index contributed by atoms with van der Waals surface area (Å²) in [6.07, 6.45) is 0. The van der Waals surface area contributed by atoms with E-state index in [0.29, 0.717) is 19.8 Å². The topological polar surface area (TPSA) is 49.9 Å². The van der Waals surface area contributed by atoms with Crippen LogP contribution in [0, 0.1) is 0 Å². The summed E-state index contributed by atoms with van der Waals surface area (Å²) in [5.41, 5.74) is 6.18. The van der Waals surface area contributed by atoms with Gasteiger partial charge in [-0.1, -0.05) is 36.4 Å². The van der Waals surface area contributed by atoms with Gasteiger partial charge in [-0.05, 0) is 60.1 Å². The van der Waals surface area contributed by atoms with Crippen LogP contribution in [0.2, 0.25) is 0 Å². The largest absolute Gasteiger partial charge is 0.497 e. The Balaban J connectivity index is 1.17. The molecule has 0 saturated carbocycles. The first-order chi connectivity index (χ1) is 21.2. The number of benzene rings is 3. The minimum absolute atomic E-state index is 0.579. The molecule has 5 rings (SSSR count). The quantitative estimate of drug-likeness (QED) is 0.240. The van der Waals surface area contributed by atoms with E-state index in [4.69, 9.17) is 18.9 Å². The van der Waals surface area contributed by atoms with Gasteiger partial charge < -0.3 is 33.6 Å². The number of likely N-dealkylation sites (N-methyl/N-ethyl adjacent to an activating group) is 1. The summed E-state index contributed by atoms with van der Waals surface area (Å²) in [7, 11) is 3.92. The molecule has 0 N–H and O–H groups in total. The maximum atomic E-state index is 5.91. The SMILES string of the molecule is COc1cccc(CN(Cc2cccc(N3CCN(C)CC3)c2)c2ccc(COCCOCCN3CCOCC3)cc2)c1. The van der Waals surface area contributed by atoms with Crippen molar-refractivity contribution >= 4 is 11.4 Å². The van der Waals surface area contributed by atoms with Crippen molar-refractivity contribution in [3.63, 3.8) is 0 Å². The lowest BCUT2D eigenvalue weighted by Gasteiger charge is -2.34. The minimum Gasteiger partial charge on any atom is -0.497 e. The Morgan fingerprint density at radius 2 is 1.42 bits per heavy atom. The van der Waals surface area contributed by atoms with E-state index in [1.165, 1.54) is 22.5 Å². The molecule has 2 aliphatic rings. The number of methoxy groups -OCH3 is 1. The molecule has 0 unspecified atom stereocenters. The third kappa shape index (κ3) is 9.95. The molecule has 0 atom stereocenters. The Morgan fingerprint density at radius 1 is 0.721 bits per heavy atom. The van der Waals surface area contributed by atoms with Gasteiger partial charge in [-0.2, -0.15) is 0 Å². The first-order valence-corrected chi connectivity index (χ1v) is 15.6. The lowest BCUT2D eigenvalue weighted by Crippen LogP contribution is -2.44. The molecule has 0 aliphatic carbocycles. The van der Waals surface area contributed by atoms with E-state index in [1.807, 2.05) is 6.07 Å². The Hall–Kier alpha value is -3.14. The second kappa shape index (κ2) is 16.6. The highest BCUT2D eigenvalue weighted by Gasteiger charge is 2.16. The molecular formula is C35H48N4O4. The summed E-state index contributed by atoms with van der Waals surface area (Å²) in [6, 6.07) is 26.2. The maximum Gasteiger partial charge on any atom is 0.119 e. The van der Waals surface area contributed by atoms with Crippen molar-refractivity contribution in [1.82, 2.24) is 9.80 Å². The average molecular weight is 589 g/mol. The van der Waals surface area contributed by atoms with Crippen molar-refractivity contribution in [2.24, 2.45) is 0 Å². The smallest absolute Gasteiger partial charge is 0.119 e. The van der Waals surface area contributed by atoms with Gasteiger partial charge in [0.2, 0.25) is 0 Å². The number of rotatable bonds is 15. The molecule has 0 bridgehead atoms. The van der Waals surface area contributed by atoms with E-state index in [-0.39, 0.29) is 0 Å². The lowest BCUT2D eigenvalue weighted by molar-refractivity contribution is 0.00585. The highest BCUT2D eigenvalue weighted by Crippen LogP contribution is 2.25. The Labute approximate surface area is 257 Å². The summed E-state index contributed by atoms with van der Waals surface area (Å²) >= 11 is 0. The van der Waals surface area contributed by atoms with Crippen molar-refractivity contribution in [2.45, 2.75) is 19.7 Å². The summed E-state index contributed by atoms with van der Waals surface area (Å²) in [5, 5.41) is 0. The third-order valence-corrected chi connectivity index (χ3v) is 8.26. The van der Waals surface area contributed by atoms with Crippen molar-refractivity contribution in [3.05, 3.63) is 89.5 Å². The van der Waals surface area contributed by atoms with E-state index >= 15 is 0 Å². The molecule has 3 aromatic rings. The molecule has 43 heavy (non-hydrogen) atoms. The van der Waals surface area contributed by atoms with Gasteiger partial charge in [0, 0.05) is 70.3 Å². The predicted molar refractivity (Wildman–Crippen MR) is 173 cm³/mol. The molecule has 0 amide bonds. The Bertz CT molecular complexity index is 1230. The summed E-state index contributed by atoms with van der Waals surface area (Å²) in [6.45, 7) is 13.1. The van der Waals surface area contributed by atoms with Crippen LogP contribution in [0.1, 0.15) is 16.7 Å². The van der Waals surface area contributed by atoms with Crippen molar-refractivity contribution in [1.29, 1.82) is 0 Å². The minimum atomic E-state index is 0.579. The molecule has 3 aromatic carbocycles. The molecule has 2 saturated heterocycles. The van der Waals surface area contributed by atoms with Crippen LogP contribution in [-0.2, 0) is 33.9 Å². The fraction of sp³-hybridized carbons (Fsp3) is 0.486. The molecule has 232 valence electrons. The van der Waals surface area contributed by atoms with Gasteiger partial charge in [-0.25, -0.2) is 0 Å².